The van der Waals surface area contributed by atoms with E-state index in [0.29, 0.717) is 11.3 Å². The lowest BCUT2D eigenvalue weighted by molar-refractivity contribution is 0.610. The second kappa shape index (κ2) is 3.92. The average molecular weight is 260 g/mol. The Morgan fingerprint density at radius 3 is 2.60 bits per heavy atom. The summed E-state index contributed by atoms with van der Waals surface area (Å²) < 4.78 is 22.6. The van der Waals surface area contributed by atoms with Crippen molar-refractivity contribution in [3.63, 3.8) is 0 Å². The minimum atomic E-state index is -3.72. The highest BCUT2D eigenvalue weighted by Crippen LogP contribution is 2.28. The van der Waals surface area contributed by atoms with Gasteiger partial charge in [0.15, 0.2) is 0 Å². The molecule has 78 valence electrons. The topological polar surface area (TPSA) is 47.0 Å². The molecule has 0 unspecified atom stereocenters. The van der Waals surface area contributed by atoms with Gasteiger partial charge in [0.2, 0.25) is 0 Å². The zero-order valence-corrected chi connectivity index (χ0v) is 9.81. The molecule has 1 heterocycles. The van der Waals surface area contributed by atoms with Gasteiger partial charge < -0.3 is 0 Å². The highest BCUT2D eigenvalue weighted by Gasteiger charge is 2.16. The number of rotatable bonds is 2. The van der Waals surface area contributed by atoms with Crippen LogP contribution in [0.2, 0.25) is 0 Å². The van der Waals surface area contributed by atoms with Crippen LogP contribution in [0.25, 0.3) is 11.3 Å². The molecule has 1 aromatic heterocycles. The van der Waals surface area contributed by atoms with Crippen molar-refractivity contribution in [2.45, 2.75) is 4.90 Å². The molecule has 0 aliphatic rings. The first-order valence-corrected chi connectivity index (χ1v) is 7.26. The number of benzene rings is 1. The summed E-state index contributed by atoms with van der Waals surface area (Å²) >= 11 is 1.40. The molecule has 3 nitrogen and oxygen atoms in total. The van der Waals surface area contributed by atoms with Gasteiger partial charge in [-0.1, -0.05) is 18.2 Å². The lowest BCUT2D eigenvalue weighted by Crippen LogP contribution is -1.94. The Labute approximate surface area is 95.8 Å². The molecule has 15 heavy (non-hydrogen) atoms. The quantitative estimate of drug-likeness (QED) is 0.779. The maximum absolute atomic E-state index is 11.3. The second-order valence-corrected chi connectivity index (χ2v) is 6.06. The van der Waals surface area contributed by atoms with Gasteiger partial charge in [-0.25, -0.2) is 13.4 Å². The molecule has 0 aliphatic heterocycles. The van der Waals surface area contributed by atoms with Gasteiger partial charge in [-0.3, -0.25) is 0 Å². The monoisotopic (exact) mass is 259 g/mol. The fourth-order valence-corrected chi connectivity index (χ4v) is 2.87. The molecule has 0 aliphatic carbocycles. The Balaban J connectivity index is 2.68. The van der Waals surface area contributed by atoms with Crippen LogP contribution in [0.15, 0.2) is 40.1 Å². The van der Waals surface area contributed by atoms with E-state index in [2.05, 4.69) is 4.98 Å². The van der Waals surface area contributed by atoms with Gasteiger partial charge in [0, 0.05) is 21.6 Å². The van der Waals surface area contributed by atoms with E-state index >= 15 is 0 Å². The third-order valence-corrected chi connectivity index (χ3v) is 3.82. The van der Waals surface area contributed by atoms with E-state index in [0.717, 1.165) is 0 Å². The molecule has 2 aromatic rings. The highest BCUT2D eigenvalue weighted by molar-refractivity contribution is 8.13. The Hall–Kier alpha value is -0.910. The first-order chi connectivity index (χ1) is 7.09. The van der Waals surface area contributed by atoms with E-state index in [1.165, 1.54) is 17.4 Å². The van der Waals surface area contributed by atoms with Crippen LogP contribution >= 0.6 is 22.0 Å². The van der Waals surface area contributed by atoms with E-state index in [1.54, 1.807) is 29.1 Å². The smallest absolute Gasteiger partial charge is 0.245 e. The molecule has 0 atom stereocenters. The molecule has 0 amide bonds. The van der Waals surface area contributed by atoms with E-state index in [-0.39, 0.29) is 4.90 Å². The molecule has 0 saturated carbocycles. The van der Waals surface area contributed by atoms with Crippen molar-refractivity contribution in [3.05, 3.63) is 35.2 Å². The van der Waals surface area contributed by atoms with Crippen molar-refractivity contribution in [2.24, 2.45) is 0 Å². The predicted molar refractivity (Wildman–Crippen MR) is 60.6 cm³/mol. The minimum absolute atomic E-state index is 0.0950. The molecule has 0 saturated heterocycles. The number of nitrogens with zero attached hydrogens (tertiary/aromatic N) is 1. The summed E-state index contributed by atoms with van der Waals surface area (Å²) in [6.07, 6.45) is 0. The van der Waals surface area contributed by atoms with Crippen molar-refractivity contribution < 1.29 is 8.42 Å². The van der Waals surface area contributed by atoms with Gasteiger partial charge in [-0.05, 0) is 6.07 Å². The molecule has 2 rings (SSSR count). The summed E-state index contributed by atoms with van der Waals surface area (Å²) in [5.41, 5.74) is 2.81. The molecule has 0 radical (unpaired) electrons. The maximum atomic E-state index is 11.3. The van der Waals surface area contributed by atoms with Crippen LogP contribution in [0.5, 0.6) is 0 Å². The Bertz CT molecular complexity index is 564. The number of halogens is 1. The first-order valence-electron chi connectivity index (χ1n) is 4.01. The Morgan fingerprint density at radius 2 is 2.00 bits per heavy atom. The van der Waals surface area contributed by atoms with Crippen LogP contribution in [0.4, 0.5) is 0 Å². The number of aromatic nitrogens is 1. The summed E-state index contributed by atoms with van der Waals surface area (Å²) in [6.45, 7) is 0. The van der Waals surface area contributed by atoms with Crippen molar-refractivity contribution >= 4 is 31.1 Å². The fraction of sp³-hybridized carbons (Fsp3) is 0. The first kappa shape index (κ1) is 10.6. The zero-order chi connectivity index (χ0) is 10.9. The van der Waals surface area contributed by atoms with Crippen molar-refractivity contribution in [2.75, 3.05) is 0 Å². The fourth-order valence-electron chi connectivity index (χ4n) is 1.24. The summed E-state index contributed by atoms with van der Waals surface area (Å²) in [5, 5.41) is 1.78. The third-order valence-electron chi connectivity index (χ3n) is 1.86. The van der Waals surface area contributed by atoms with Gasteiger partial charge in [-0.15, -0.1) is 11.3 Å². The zero-order valence-electron chi connectivity index (χ0n) is 7.42. The van der Waals surface area contributed by atoms with Crippen LogP contribution < -0.4 is 0 Å². The molecule has 0 bridgehead atoms. The standard InChI is InChI=1S/C9H6ClNO2S2/c10-15(12,13)9-4-2-1-3-7(9)8-5-14-6-11-8/h1-6H. The molecular formula is C9H6ClNO2S2. The molecule has 0 fully saturated rings. The van der Waals surface area contributed by atoms with E-state index < -0.39 is 9.05 Å². The summed E-state index contributed by atoms with van der Waals surface area (Å²) in [4.78, 5) is 4.15. The summed E-state index contributed by atoms with van der Waals surface area (Å²) in [6, 6.07) is 6.53. The van der Waals surface area contributed by atoms with Crippen molar-refractivity contribution in [3.8, 4) is 11.3 Å². The van der Waals surface area contributed by atoms with Crippen LogP contribution in [-0.2, 0) is 9.05 Å². The highest BCUT2D eigenvalue weighted by atomic mass is 35.7. The molecular weight excluding hydrogens is 254 g/mol. The average Bonchev–Trinajstić information content (AvgIpc) is 2.69. The van der Waals surface area contributed by atoms with Crippen LogP contribution in [0.3, 0.4) is 0 Å². The van der Waals surface area contributed by atoms with Gasteiger partial charge in [0.05, 0.1) is 16.1 Å². The summed E-state index contributed by atoms with van der Waals surface area (Å²) in [7, 11) is 1.61. The summed E-state index contributed by atoms with van der Waals surface area (Å²) in [5.74, 6) is 0. The van der Waals surface area contributed by atoms with Crippen molar-refractivity contribution in [1.82, 2.24) is 4.98 Å². The Kier molecular flexibility index (Phi) is 2.77. The van der Waals surface area contributed by atoms with Crippen LogP contribution in [-0.4, -0.2) is 13.4 Å². The molecule has 1 aromatic carbocycles. The van der Waals surface area contributed by atoms with Crippen molar-refractivity contribution in [1.29, 1.82) is 0 Å². The van der Waals surface area contributed by atoms with Gasteiger partial charge in [0.25, 0.3) is 9.05 Å². The SMILES string of the molecule is O=S(=O)(Cl)c1ccccc1-c1cscn1. The molecule has 0 N–H and O–H groups in total. The van der Waals surface area contributed by atoms with E-state index in [1.807, 2.05) is 0 Å². The minimum Gasteiger partial charge on any atom is -0.245 e. The van der Waals surface area contributed by atoms with Gasteiger partial charge in [-0.2, -0.15) is 0 Å². The number of thiazole rings is 1. The largest absolute Gasteiger partial charge is 0.261 e. The van der Waals surface area contributed by atoms with Gasteiger partial charge >= 0.3 is 0 Å². The molecule has 6 heteroatoms. The van der Waals surface area contributed by atoms with E-state index in [4.69, 9.17) is 10.7 Å². The molecule has 0 spiro atoms. The number of hydrogen-bond acceptors (Lipinski definition) is 4. The van der Waals surface area contributed by atoms with Gasteiger partial charge in [0.1, 0.15) is 0 Å². The predicted octanol–water partition coefficient (Wildman–Crippen LogP) is 2.74. The van der Waals surface area contributed by atoms with Crippen LogP contribution in [0, 0.1) is 0 Å². The maximum Gasteiger partial charge on any atom is 0.261 e. The second-order valence-electron chi connectivity index (χ2n) is 2.81. The third kappa shape index (κ3) is 2.19. The van der Waals surface area contributed by atoms with Crippen LogP contribution in [0.1, 0.15) is 0 Å². The normalized spacial score (nSPS) is 11.5. The lowest BCUT2D eigenvalue weighted by Gasteiger charge is -2.02. The van der Waals surface area contributed by atoms with E-state index in [9.17, 15) is 8.42 Å². The number of hydrogen-bond donors (Lipinski definition) is 0. The Morgan fingerprint density at radius 1 is 1.27 bits per heavy atom. The lowest BCUT2D eigenvalue weighted by atomic mass is 10.2.